The minimum atomic E-state index is 0.759. The molecule has 0 spiro atoms. The van der Waals surface area contributed by atoms with Crippen molar-refractivity contribution in [3.05, 3.63) is 52.2 Å². The van der Waals surface area contributed by atoms with E-state index in [0.29, 0.717) is 0 Å². The summed E-state index contributed by atoms with van der Waals surface area (Å²) < 4.78 is 13.5. The van der Waals surface area contributed by atoms with E-state index in [-0.39, 0.29) is 0 Å². The molecule has 0 saturated carbocycles. The maximum Gasteiger partial charge on any atom is 0.161 e. The van der Waals surface area contributed by atoms with Crippen molar-refractivity contribution in [2.45, 2.75) is 26.8 Å². The van der Waals surface area contributed by atoms with Crippen molar-refractivity contribution >= 4 is 26.1 Å². The van der Waals surface area contributed by atoms with E-state index in [1.807, 2.05) is 6.07 Å². The SMILES string of the molecule is COc1cc2c(cc1OC)-c1c(C)c(-c3ccc(P)cc3Cl)c(C)n1CC2. The molecule has 1 aromatic heterocycles. The standard InChI is InChI=1S/C22H23ClNO2P/c1-12-21(16-6-5-15(27)10-18(16)23)13(2)24-8-7-14-9-19(25-3)20(26-4)11-17(14)22(12)24/h5-6,9-11H,7-8,27H2,1-4H3. The smallest absolute Gasteiger partial charge is 0.161 e. The highest BCUT2D eigenvalue weighted by molar-refractivity contribution is 7.27. The molecule has 0 bridgehead atoms. The van der Waals surface area contributed by atoms with Gasteiger partial charge >= 0.3 is 0 Å². The van der Waals surface area contributed by atoms with Gasteiger partial charge in [0.15, 0.2) is 11.5 Å². The summed E-state index contributed by atoms with van der Waals surface area (Å²) >= 11 is 6.60. The third kappa shape index (κ3) is 2.85. The number of rotatable bonds is 3. The Labute approximate surface area is 167 Å². The second-order valence-corrected chi connectivity index (χ2v) is 8.01. The fraction of sp³-hybridized carbons (Fsp3) is 0.273. The zero-order valence-corrected chi connectivity index (χ0v) is 17.9. The zero-order valence-electron chi connectivity index (χ0n) is 16.0. The molecule has 5 heteroatoms. The Morgan fingerprint density at radius 2 is 1.70 bits per heavy atom. The molecule has 2 aromatic carbocycles. The van der Waals surface area contributed by atoms with Crippen molar-refractivity contribution in [3.8, 4) is 33.9 Å². The Bertz CT molecular complexity index is 1060. The molecule has 1 atom stereocenters. The lowest BCUT2D eigenvalue weighted by molar-refractivity contribution is 0.354. The van der Waals surface area contributed by atoms with E-state index >= 15 is 0 Å². The van der Waals surface area contributed by atoms with Gasteiger partial charge in [0.2, 0.25) is 0 Å². The molecule has 1 aliphatic rings. The van der Waals surface area contributed by atoms with Gasteiger partial charge < -0.3 is 14.0 Å². The fourth-order valence-electron chi connectivity index (χ4n) is 4.23. The maximum atomic E-state index is 6.60. The van der Waals surface area contributed by atoms with Gasteiger partial charge in [-0.05, 0) is 54.9 Å². The zero-order chi connectivity index (χ0) is 19.3. The summed E-state index contributed by atoms with van der Waals surface area (Å²) in [6.45, 7) is 5.32. The predicted octanol–water partition coefficient (Wildman–Crippen LogP) is 5.17. The first kappa shape index (κ1) is 18.4. The van der Waals surface area contributed by atoms with Gasteiger partial charge in [0.25, 0.3) is 0 Å². The number of nitrogens with zero attached hydrogens (tertiary/aromatic N) is 1. The number of aromatic nitrogens is 1. The van der Waals surface area contributed by atoms with Crippen LogP contribution in [0.4, 0.5) is 0 Å². The Balaban J connectivity index is 1.97. The van der Waals surface area contributed by atoms with Crippen LogP contribution in [0.3, 0.4) is 0 Å². The molecule has 0 aliphatic carbocycles. The van der Waals surface area contributed by atoms with E-state index in [1.165, 1.54) is 33.6 Å². The van der Waals surface area contributed by atoms with Crippen LogP contribution in [0.15, 0.2) is 30.3 Å². The van der Waals surface area contributed by atoms with E-state index in [1.54, 1.807) is 14.2 Å². The molecule has 0 N–H and O–H groups in total. The van der Waals surface area contributed by atoms with Crippen LogP contribution in [-0.2, 0) is 13.0 Å². The molecule has 3 nitrogen and oxygen atoms in total. The second kappa shape index (κ2) is 6.89. The summed E-state index contributed by atoms with van der Waals surface area (Å²) in [5.41, 5.74) is 8.56. The molecular weight excluding hydrogens is 377 g/mol. The second-order valence-electron chi connectivity index (χ2n) is 6.94. The van der Waals surface area contributed by atoms with Crippen molar-refractivity contribution in [2.24, 2.45) is 0 Å². The summed E-state index contributed by atoms with van der Waals surface area (Å²) in [4.78, 5) is 0. The molecule has 0 fully saturated rings. The van der Waals surface area contributed by atoms with Gasteiger partial charge in [0.05, 0.1) is 19.9 Å². The average molecular weight is 400 g/mol. The molecule has 2 heterocycles. The number of aryl methyl sites for hydroxylation is 1. The number of benzene rings is 2. The molecule has 0 amide bonds. The Hall–Kier alpha value is -1.96. The lowest BCUT2D eigenvalue weighted by atomic mass is 9.94. The Kier molecular flexibility index (Phi) is 4.70. The van der Waals surface area contributed by atoms with Crippen LogP contribution in [0.5, 0.6) is 11.5 Å². The van der Waals surface area contributed by atoms with Gasteiger partial charge in [-0.25, -0.2) is 0 Å². The lowest BCUT2D eigenvalue weighted by Crippen LogP contribution is -2.12. The molecule has 1 aliphatic heterocycles. The largest absolute Gasteiger partial charge is 0.493 e. The van der Waals surface area contributed by atoms with Gasteiger partial charge in [-0.1, -0.05) is 23.7 Å². The van der Waals surface area contributed by atoms with Crippen molar-refractivity contribution < 1.29 is 9.47 Å². The number of hydrogen-bond donors (Lipinski definition) is 0. The third-order valence-corrected chi connectivity index (χ3v) is 6.17. The lowest BCUT2D eigenvalue weighted by Gasteiger charge is -2.23. The molecule has 1 unspecified atom stereocenters. The Morgan fingerprint density at radius 1 is 1.00 bits per heavy atom. The topological polar surface area (TPSA) is 23.4 Å². The first-order chi connectivity index (χ1) is 13.0. The van der Waals surface area contributed by atoms with Gasteiger partial charge in [0.1, 0.15) is 0 Å². The van der Waals surface area contributed by atoms with Crippen LogP contribution in [-0.4, -0.2) is 18.8 Å². The van der Waals surface area contributed by atoms with Gasteiger partial charge in [-0.2, -0.15) is 0 Å². The van der Waals surface area contributed by atoms with Crippen LogP contribution in [0.25, 0.3) is 22.4 Å². The molecule has 0 radical (unpaired) electrons. The first-order valence-electron chi connectivity index (χ1n) is 8.96. The highest BCUT2D eigenvalue weighted by atomic mass is 35.5. The van der Waals surface area contributed by atoms with E-state index in [4.69, 9.17) is 21.1 Å². The minimum Gasteiger partial charge on any atom is -0.493 e. The molecule has 3 aromatic rings. The van der Waals surface area contributed by atoms with Gasteiger partial charge in [0, 0.05) is 34.0 Å². The van der Waals surface area contributed by atoms with Crippen LogP contribution in [0.1, 0.15) is 16.8 Å². The number of methoxy groups -OCH3 is 2. The first-order valence-corrected chi connectivity index (χ1v) is 9.92. The van der Waals surface area contributed by atoms with Crippen molar-refractivity contribution in [3.63, 3.8) is 0 Å². The minimum absolute atomic E-state index is 0.759. The van der Waals surface area contributed by atoms with Crippen molar-refractivity contribution in [1.82, 2.24) is 4.57 Å². The van der Waals surface area contributed by atoms with E-state index in [2.05, 4.69) is 51.9 Å². The van der Waals surface area contributed by atoms with Crippen LogP contribution < -0.4 is 14.8 Å². The number of hydrogen-bond acceptors (Lipinski definition) is 2. The molecule has 0 saturated heterocycles. The van der Waals surface area contributed by atoms with Crippen LogP contribution in [0, 0.1) is 13.8 Å². The molecule has 4 rings (SSSR count). The van der Waals surface area contributed by atoms with Gasteiger partial charge in [-0.3, -0.25) is 0 Å². The van der Waals surface area contributed by atoms with Crippen LogP contribution >= 0.6 is 20.8 Å². The summed E-state index contributed by atoms with van der Waals surface area (Å²) in [6.07, 6.45) is 0.968. The van der Waals surface area contributed by atoms with Gasteiger partial charge in [-0.15, -0.1) is 9.24 Å². The molecule has 140 valence electrons. The number of halogens is 1. The predicted molar refractivity (Wildman–Crippen MR) is 116 cm³/mol. The monoisotopic (exact) mass is 399 g/mol. The summed E-state index contributed by atoms with van der Waals surface area (Å²) in [7, 11) is 6.06. The fourth-order valence-corrected chi connectivity index (χ4v) is 4.89. The summed E-state index contributed by atoms with van der Waals surface area (Å²) in [5.74, 6) is 1.54. The Morgan fingerprint density at radius 3 is 2.37 bits per heavy atom. The normalized spacial score (nSPS) is 12.5. The summed E-state index contributed by atoms with van der Waals surface area (Å²) in [5, 5.41) is 1.87. The average Bonchev–Trinajstić information content (AvgIpc) is 2.91. The summed E-state index contributed by atoms with van der Waals surface area (Å²) in [6, 6.07) is 10.4. The molecular formula is C22H23ClNO2P. The van der Waals surface area contributed by atoms with E-state index < -0.39 is 0 Å². The van der Waals surface area contributed by atoms with E-state index in [0.717, 1.165) is 40.4 Å². The van der Waals surface area contributed by atoms with Crippen molar-refractivity contribution in [2.75, 3.05) is 14.2 Å². The molecule has 27 heavy (non-hydrogen) atoms. The highest BCUT2D eigenvalue weighted by Crippen LogP contribution is 2.45. The van der Waals surface area contributed by atoms with E-state index in [9.17, 15) is 0 Å². The number of fused-ring (bicyclic) bond motifs is 3. The quantitative estimate of drug-likeness (QED) is 0.567. The van der Waals surface area contributed by atoms with Crippen LogP contribution in [0.2, 0.25) is 5.02 Å². The highest BCUT2D eigenvalue weighted by Gasteiger charge is 2.27. The maximum absolute atomic E-state index is 6.60. The van der Waals surface area contributed by atoms with Crippen molar-refractivity contribution in [1.29, 1.82) is 0 Å². The third-order valence-electron chi connectivity index (χ3n) is 5.50. The number of ether oxygens (including phenoxy) is 2.